The van der Waals surface area contributed by atoms with Gasteiger partial charge in [0, 0.05) is 5.54 Å². The van der Waals surface area contributed by atoms with E-state index in [1.54, 1.807) is 0 Å². The lowest BCUT2D eigenvalue weighted by Gasteiger charge is -2.33. The average Bonchev–Trinajstić information content (AvgIpc) is 2.95. The van der Waals surface area contributed by atoms with Gasteiger partial charge in [0.05, 0.1) is 28.3 Å². The Labute approximate surface area is 190 Å². The first-order valence-electron chi connectivity index (χ1n) is 11.6. The van der Waals surface area contributed by atoms with Gasteiger partial charge < -0.3 is 19.0 Å². The van der Waals surface area contributed by atoms with Crippen LogP contribution in [0.4, 0.5) is 4.79 Å². The summed E-state index contributed by atoms with van der Waals surface area (Å²) in [5.41, 5.74) is 1.30. The zero-order chi connectivity index (χ0) is 23.3. The molecule has 172 valence electrons. The molecule has 1 amide bonds. The molecule has 1 aromatic heterocycles. The summed E-state index contributed by atoms with van der Waals surface area (Å²) in [4.78, 5) is 23.3. The minimum absolute atomic E-state index is 0.110. The van der Waals surface area contributed by atoms with Gasteiger partial charge in [-0.15, -0.1) is 0 Å². The van der Waals surface area contributed by atoms with Gasteiger partial charge in [0.25, 0.3) is 0 Å². The van der Waals surface area contributed by atoms with E-state index < -0.39 is 12.7 Å². The summed E-state index contributed by atoms with van der Waals surface area (Å²) in [7, 11) is -0.424. The molecule has 3 aliphatic rings. The summed E-state index contributed by atoms with van der Waals surface area (Å²) in [5, 5.41) is 0. The van der Waals surface area contributed by atoms with Gasteiger partial charge in [-0.3, -0.25) is 4.90 Å². The Morgan fingerprint density at radius 1 is 1.19 bits per heavy atom. The van der Waals surface area contributed by atoms with Crippen molar-refractivity contribution in [3.63, 3.8) is 0 Å². The topological polar surface area (TPSA) is 76.7 Å². The van der Waals surface area contributed by atoms with Crippen LogP contribution in [-0.4, -0.2) is 50.4 Å². The molecule has 0 radical (unpaired) electrons. The van der Waals surface area contributed by atoms with E-state index in [-0.39, 0.29) is 28.9 Å². The molecule has 1 N–H and O–H groups in total. The summed E-state index contributed by atoms with van der Waals surface area (Å²) in [6.45, 7) is 16.1. The lowest BCUT2D eigenvalue weighted by atomic mass is 9.79. The van der Waals surface area contributed by atoms with E-state index >= 15 is 0 Å². The van der Waals surface area contributed by atoms with Crippen molar-refractivity contribution in [3.05, 3.63) is 24.0 Å². The van der Waals surface area contributed by atoms with Crippen molar-refractivity contribution in [2.24, 2.45) is 5.92 Å². The van der Waals surface area contributed by atoms with Crippen molar-refractivity contribution in [3.8, 4) is 0 Å². The van der Waals surface area contributed by atoms with E-state index in [4.69, 9.17) is 19.0 Å². The molecule has 7 nitrogen and oxygen atoms in total. The Balaban J connectivity index is 1.44. The number of carbonyl (C=O) groups excluding carboxylic acids is 1. The average molecular weight is 439 g/mol. The Morgan fingerprint density at radius 2 is 1.84 bits per heavy atom. The van der Waals surface area contributed by atoms with E-state index in [9.17, 15) is 4.79 Å². The first-order chi connectivity index (χ1) is 14.7. The molecule has 3 heterocycles. The maximum atomic E-state index is 13.1. The summed E-state index contributed by atoms with van der Waals surface area (Å²) in [5.74, 6) is 1.30. The van der Waals surface area contributed by atoms with Gasteiger partial charge in [-0.2, -0.15) is 0 Å². The number of likely N-dealkylation sites (tertiary alicyclic amines) is 1. The molecular weight excluding hydrogens is 405 g/mol. The Hall–Kier alpha value is -2.06. The van der Waals surface area contributed by atoms with Crippen LogP contribution in [0.3, 0.4) is 0 Å². The van der Waals surface area contributed by atoms with Gasteiger partial charge in [0.1, 0.15) is 11.4 Å². The predicted molar refractivity (Wildman–Crippen MR) is 124 cm³/mol. The van der Waals surface area contributed by atoms with Crippen LogP contribution in [0.2, 0.25) is 0 Å². The lowest BCUT2D eigenvalue weighted by Crippen LogP contribution is -2.43. The number of nitrogens with one attached hydrogen (secondary N) is 1. The van der Waals surface area contributed by atoms with E-state index in [2.05, 4.69) is 39.6 Å². The molecule has 2 aromatic rings. The number of fused-ring (bicyclic) bond motifs is 2. The molecule has 0 unspecified atom stereocenters. The minimum Gasteiger partial charge on any atom is -0.444 e. The number of benzene rings is 1. The van der Waals surface area contributed by atoms with Crippen LogP contribution >= 0.6 is 0 Å². The van der Waals surface area contributed by atoms with E-state index in [0.717, 1.165) is 35.2 Å². The second-order valence-corrected chi connectivity index (χ2v) is 11.8. The number of hydrogen-bond acceptors (Lipinski definition) is 5. The molecule has 3 fully saturated rings. The van der Waals surface area contributed by atoms with Crippen LogP contribution in [0, 0.1) is 5.92 Å². The fourth-order valence-corrected chi connectivity index (χ4v) is 5.01. The van der Waals surface area contributed by atoms with Gasteiger partial charge in [0.15, 0.2) is 0 Å². The van der Waals surface area contributed by atoms with Crippen LogP contribution in [0.25, 0.3) is 11.0 Å². The number of rotatable bonds is 2. The summed E-state index contributed by atoms with van der Waals surface area (Å²) in [6.07, 6.45) is 1.66. The van der Waals surface area contributed by atoms with Crippen molar-refractivity contribution in [2.45, 2.75) is 96.6 Å². The van der Waals surface area contributed by atoms with Gasteiger partial charge in [-0.1, -0.05) is 6.07 Å². The van der Waals surface area contributed by atoms with Gasteiger partial charge in [-0.25, -0.2) is 9.78 Å². The fraction of sp³-hybridized carbons (Fsp3) is 0.667. The Morgan fingerprint density at radius 3 is 2.47 bits per heavy atom. The van der Waals surface area contributed by atoms with Gasteiger partial charge in [-0.05, 0) is 91.7 Å². The number of H-pyrrole nitrogens is 1. The van der Waals surface area contributed by atoms with Crippen LogP contribution in [0.1, 0.15) is 80.1 Å². The molecule has 5 rings (SSSR count). The highest BCUT2D eigenvalue weighted by atomic mass is 16.7. The second-order valence-electron chi connectivity index (χ2n) is 11.8. The number of hydrogen-bond donors (Lipinski definition) is 1. The van der Waals surface area contributed by atoms with E-state index in [1.807, 2.05) is 43.9 Å². The predicted octanol–water partition coefficient (Wildman–Crippen LogP) is 4.32. The molecule has 1 aromatic carbocycles. The number of ether oxygens (including phenoxy) is 1. The standard InChI is InChI=1S/C24H34BN3O4/c1-21(2,3)30-20(29)28-18(11-14-13-24(14,28)8)19-26-16-10-9-15(12-17(16)27-19)25-31-22(4,5)23(6,7)32-25/h9-10,12,14,18H,11,13H2,1-8H3,(H,26,27)/t14-,18-,24+/m1/s1. The third kappa shape index (κ3) is 3.34. The van der Waals surface area contributed by atoms with Crippen molar-refractivity contribution in [1.29, 1.82) is 0 Å². The number of piperidine rings is 1. The SMILES string of the molecule is CC(C)(C)OC(=O)N1[C@@H](c2nc3ccc(B4OC(C)(C)C(C)(C)O4)cc3[nH]2)C[C@@H]2C[C@@]21C. The first-order valence-corrected chi connectivity index (χ1v) is 11.6. The quantitative estimate of drug-likeness (QED) is 0.706. The lowest BCUT2D eigenvalue weighted by molar-refractivity contribution is 0.00578. The summed E-state index contributed by atoms with van der Waals surface area (Å²) >= 11 is 0. The molecule has 2 saturated heterocycles. The van der Waals surface area contributed by atoms with Crippen molar-refractivity contribution in [2.75, 3.05) is 0 Å². The zero-order valence-electron chi connectivity index (χ0n) is 20.4. The molecule has 32 heavy (non-hydrogen) atoms. The van der Waals surface area contributed by atoms with Crippen molar-refractivity contribution >= 4 is 29.7 Å². The van der Waals surface area contributed by atoms with Gasteiger partial charge >= 0.3 is 13.2 Å². The first kappa shape index (κ1) is 21.8. The molecule has 1 aliphatic carbocycles. The van der Waals surface area contributed by atoms with E-state index in [0.29, 0.717) is 5.92 Å². The highest BCUT2D eigenvalue weighted by Crippen LogP contribution is 2.62. The van der Waals surface area contributed by atoms with Crippen LogP contribution in [0.15, 0.2) is 18.2 Å². The molecular formula is C24H34BN3O4. The maximum Gasteiger partial charge on any atom is 0.494 e. The highest BCUT2D eigenvalue weighted by Gasteiger charge is 2.65. The van der Waals surface area contributed by atoms with Crippen LogP contribution < -0.4 is 5.46 Å². The van der Waals surface area contributed by atoms with Crippen molar-refractivity contribution < 1.29 is 18.8 Å². The third-order valence-corrected chi connectivity index (χ3v) is 7.70. The molecule has 3 atom stereocenters. The normalized spacial score (nSPS) is 30.6. The Kier molecular flexibility index (Phi) is 4.43. The van der Waals surface area contributed by atoms with Crippen LogP contribution in [0.5, 0.6) is 0 Å². The highest BCUT2D eigenvalue weighted by molar-refractivity contribution is 6.62. The fourth-order valence-electron chi connectivity index (χ4n) is 5.01. The largest absolute Gasteiger partial charge is 0.494 e. The molecule has 2 aliphatic heterocycles. The second kappa shape index (κ2) is 6.51. The number of amides is 1. The summed E-state index contributed by atoms with van der Waals surface area (Å²) < 4.78 is 18.2. The monoisotopic (exact) mass is 439 g/mol. The molecule has 8 heteroatoms. The maximum absolute atomic E-state index is 13.1. The molecule has 1 saturated carbocycles. The van der Waals surface area contributed by atoms with Gasteiger partial charge in [0.2, 0.25) is 0 Å². The molecule has 0 bridgehead atoms. The third-order valence-electron chi connectivity index (χ3n) is 7.70. The Bertz CT molecular complexity index is 1070. The number of aromatic amines is 1. The number of carbonyl (C=O) groups is 1. The number of aromatic nitrogens is 2. The molecule has 0 spiro atoms. The zero-order valence-corrected chi connectivity index (χ0v) is 20.4. The van der Waals surface area contributed by atoms with Crippen molar-refractivity contribution in [1.82, 2.24) is 14.9 Å². The smallest absolute Gasteiger partial charge is 0.444 e. The summed E-state index contributed by atoms with van der Waals surface area (Å²) in [6, 6.07) is 5.93. The van der Waals surface area contributed by atoms with Crippen LogP contribution in [-0.2, 0) is 14.0 Å². The van der Waals surface area contributed by atoms with E-state index in [1.165, 1.54) is 0 Å². The minimum atomic E-state index is -0.531. The number of nitrogens with zero attached hydrogens (tertiary/aromatic N) is 2. The number of imidazole rings is 1.